The molecule has 1 aliphatic heterocycles. The van der Waals surface area contributed by atoms with Crippen LogP contribution in [-0.2, 0) is 13.0 Å². The Morgan fingerprint density at radius 3 is 2.78 bits per heavy atom. The van der Waals surface area contributed by atoms with Crippen molar-refractivity contribution in [1.82, 2.24) is 4.90 Å². The third-order valence-corrected chi connectivity index (χ3v) is 4.48. The van der Waals surface area contributed by atoms with Gasteiger partial charge in [0, 0.05) is 18.3 Å². The Morgan fingerprint density at radius 1 is 1.17 bits per heavy atom. The summed E-state index contributed by atoms with van der Waals surface area (Å²) in [4.78, 5) is 2.57. The normalized spacial score (nSPS) is 17.7. The summed E-state index contributed by atoms with van der Waals surface area (Å²) in [6.07, 6.45) is 3.56. The van der Waals surface area contributed by atoms with Crippen molar-refractivity contribution in [2.75, 3.05) is 19.4 Å². The van der Waals surface area contributed by atoms with E-state index in [-0.39, 0.29) is 12.4 Å². The third kappa shape index (κ3) is 4.40. The summed E-state index contributed by atoms with van der Waals surface area (Å²) in [5, 5.41) is 0. The maximum Gasteiger partial charge on any atom is 0.122 e. The zero-order valence-corrected chi connectivity index (χ0v) is 14.4. The molecule has 3 nitrogen and oxygen atoms in total. The number of nitrogens with zero attached hydrogens (tertiary/aromatic N) is 1. The van der Waals surface area contributed by atoms with Gasteiger partial charge in [-0.05, 0) is 55.1 Å². The summed E-state index contributed by atoms with van der Waals surface area (Å²) in [6, 6.07) is 17.2. The molecule has 2 N–H and O–H groups in total. The fourth-order valence-corrected chi connectivity index (χ4v) is 3.39. The molecule has 1 heterocycles. The van der Waals surface area contributed by atoms with Crippen molar-refractivity contribution < 1.29 is 4.74 Å². The van der Waals surface area contributed by atoms with E-state index in [1.54, 1.807) is 7.11 Å². The number of methoxy groups -OCH3 is 1. The van der Waals surface area contributed by atoms with Crippen LogP contribution in [0.5, 0.6) is 5.75 Å². The van der Waals surface area contributed by atoms with Crippen LogP contribution in [0, 0.1) is 0 Å². The zero-order valence-electron chi connectivity index (χ0n) is 13.6. The second kappa shape index (κ2) is 8.23. The highest BCUT2D eigenvalue weighted by molar-refractivity contribution is 5.85. The van der Waals surface area contributed by atoms with Crippen molar-refractivity contribution in [3.63, 3.8) is 0 Å². The van der Waals surface area contributed by atoms with Crippen molar-refractivity contribution in [2.45, 2.75) is 31.8 Å². The van der Waals surface area contributed by atoms with Gasteiger partial charge in [-0.3, -0.25) is 4.90 Å². The number of para-hydroxylation sites is 1. The van der Waals surface area contributed by atoms with Crippen LogP contribution in [-0.4, -0.2) is 24.6 Å². The van der Waals surface area contributed by atoms with Crippen molar-refractivity contribution in [1.29, 1.82) is 0 Å². The quantitative estimate of drug-likeness (QED) is 0.844. The lowest BCUT2D eigenvalue weighted by Crippen LogP contribution is -2.30. The topological polar surface area (TPSA) is 38.5 Å². The number of hydrogen-bond acceptors (Lipinski definition) is 3. The van der Waals surface area contributed by atoms with Gasteiger partial charge in [0.2, 0.25) is 0 Å². The van der Waals surface area contributed by atoms with E-state index >= 15 is 0 Å². The maximum absolute atomic E-state index is 5.89. The van der Waals surface area contributed by atoms with Gasteiger partial charge in [0.25, 0.3) is 0 Å². The Hall–Kier alpha value is -1.71. The van der Waals surface area contributed by atoms with E-state index in [9.17, 15) is 0 Å². The molecule has 0 bridgehead atoms. The average molecular weight is 333 g/mol. The van der Waals surface area contributed by atoms with E-state index in [4.69, 9.17) is 10.5 Å². The maximum atomic E-state index is 5.89. The number of rotatable bonds is 5. The molecule has 23 heavy (non-hydrogen) atoms. The average Bonchev–Trinajstić information content (AvgIpc) is 2.95. The molecule has 1 unspecified atom stereocenters. The first-order valence-corrected chi connectivity index (χ1v) is 7.96. The molecule has 0 aliphatic carbocycles. The lowest BCUT2D eigenvalue weighted by atomic mass is 10.0. The van der Waals surface area contributed by atoms with E-state index < -0.39 is 0 Å². The van der Waals surface area contributed by atoms with Crippen molar-refractivity contribution >= 4 is 18.1 Å². The van der Waals surface area contributed by atoms with Gasteiger partial charge in [-0.2, -0.15) is 0 Å². The lowest BCUT2D eigenvalue weighted by molar-refractivity contribution is 0.242. The van der Waals surface area contributed by atoms with Crippen LogP contribution in [0.15, 0.2) is 48.5 Å². The number of benzene rings is 2. The smallest absolute Gasteiger partial charge is 0.122 e. The summed E-state index contributed by atoms with van der Waals surface area (Å²) >= 11 is 0. The van der Waals surface area contributed by atoms with Crippen LogP contribution in [0.2, 0.25) is 0 Å². The molecule has 0 spiro atoms. The van der Waals surface area contributed by atoms with Crippen LogP contribution in [0.25, 0.3) is 0 Å². The second-order valence-corrected chi connectivity index (χ2v) is 6.03. The molecule has 1 atom stereocenters. The largest absolute Gasteiger partial charge is 0.496 e. The van der Waals surface area contributed by atoms with Gasteiger partial charge in [-0.15, -0.1) is 12.4 Å². The van der Waals surface area contributed by atoms with E-state index in [0.29, 0.717) is 6.04 Å². The Morgan fingerprint density at radius 2 is 2.00 bits per heavy atom. The van der Waals surface area contributed by atoms with Gasteiger partial charge in [0.15, 0.2) is 0 Å². The zero-order chi connectivity index (χ0) is 15.4. The van der Waals surface area contributed by atoms with Gasteiger partial charge in [-0.1, -0.05) is 30.3 Å². The van der Waals surface area contributed by atoms with E-state index in [2.05, 4.69) is 29.2 Å². The molecule has 1 aliphatic rings. The highest BCUT2D eigenvalue weighted by Gasteiger charge is 2.25. The van der Waals surface area contributed by atoms with Crippen LogP contribution in [0.1, 0.15) is 24.0 Å². The number of likely N-dealkylation sites (tertiary alicyclic amines) is 1. The van der Waals surface area contributed by atoms with Crippen LogP contribution < -0.4 is 10.5 Å². The van der Waals surface area contributed by atoms with Crippen LogP contribution in [0.4, 0.5) is 5.69 Å². The van der Waals surface area contributed by atoms with E-state index in [1.165, 1.54) is 24.0 Å². The minimum absolute atomic E-state index is 0. The monoisotopic (exact) mass is 332 g/mol. The molecule has 3 rings (SSSR count). The molecule has 124 valence electrons. The number of halogens is 1. The fourth-order valence-electron chi connectivity index (χ4n) is 3.39. The summed E-state index contributed by atoms with van der Waals surface area (Å²) in [6.45, 7) is 2.14. The molecule has 1 saturated heterocycles. The summed E-state index contributed by atoms with van der Waals surface area (Å²) in [7, 11) is 1.75. The Bertz CT molecular complexity index is 632. The number of ether oxygens (including phenoxy) is 1. The first kappa shape index (κ1) is 17.6. The van der Waals surface area contributed by atoms with E-state index in [1.807, 2.05) is 24.3 Å². The summed E-state index contributed by atoms with van der Waals surface area (Å²) in [5.74, 6) is 0.998. The van der Waals surface area contributed by atoms with Gasteiger partial charge in [-0.25, -0.2) is 0 Å². The standard InChI is InChI=1S/C19H24N2O.ClH/c1-22-19-10-3-2-7-16(19)13-18-9-5-11-21(18)14-15-6-4-8-17(20)12-15;/h2-4,6-8,10,12,18H,5,9,11,13-14,20H2,1H3;1H. The number of anilines is 1. The molecule has 0 amide bonds. The highest BCUT2D eigenvalue weighted by Crippen LogP contribution is 2.27. The first-order chi connectivity index (χ1) is 10.8. The molecule has 0 aromatic heterocycles. The van der Waals surface area contributed by atoms with Crippen molar-refractivity contribution in [3.05, 3.63) is 59.7 Å². The minimum atomic E-state index is 0. The Balaban J connectivity index is 0.00000192. The predicted molar refractivity (Wildman–Crippen MR) is 98.2 cm³/mol. The van der Waals surface area contributed by atoms with E-state index in [0.717, 1.165) is 30.9 Å². The minimum Gasteiger partial charge on any atom is -0.496 e. The summed E-state index contributed by atoms with van der Waals surface area (Å²) < 4.78 is 5.49. The second-order valence-electron chi connectivity index (χ2n) is 6.03. The van der Waals surface area contributed by atoms with Gasteiger partial charge >= 0.3 is 0 Å². The van der Waals surface area contributed by atoms with Crippen LogP contribution >= 0.6 is 12.4 Å². The molecule has 2 aromatic carbocycles. The molecular weight excluding hydrogens is 308 g/mol. The SMILES string of the molecule is COc1ccccc1CC1CCCN1Cc1cccc(N)c1.Cl. The Labute approximate surface area is 144 Å². The molecule has 0 radical (unpaired) electrons. The van der Waals surface area contributed by atoms with Crippen molar-refractivity contribution in [3.8, 4) is 5.75 Å². The molecule has 4 heteroatoms. The van der Waals surface area contributed by atoms with Gasteiger partial charge in [0.05, 0.1) is 7.11 Å². The van der Waals surface area contributed by atoms with Gasteiger partial charge < -0.3 is 10.5 Å². The molecule has 0 saturated carbocycles. The number of nitrogen functional groups attached to an aromatic ring is 1. The van der Waals surface area contributed by atoms with Crippen molar-refractivity contribution in [2.24, 2.45) is 0 Å². The number of hydrogen-bond donors (Lipinski definition) is 1. The Kier molecular flexibility index (Phi) is 6.31. The molecule has 1 fully saturated rings. The highest BCUT2D eigenvalue weighted by atomic mass is 35.5. The first-order valence-electron chi connectivity index (χ1n) is 7.96. The lowest BCUT2D eigenvalue weighted by Gasteiger charge is -2.25. The molecule has 2 aromatic rings. The fraction of sp³-hybridized carbons (Fsp3) is 0.368. The summed E-state index contributed by atoms with van der Waals surface area (Å²) in [5.41, 5.74) is 9.34. The van der Waals surface area contributed by atoms with Gasteiger partial charge in [0.1, 0.15) is 5.75 Å². The van der Waals surface area contributed by atoms with Crippen LogP contribution in [0.3, 0.4) is 0 Å². The number of nitrogens with two attached hydrogens (primary N) is 1. The predicted octanol–water partition coefficient (Wildman–Crippen LogP) is 3.91. The molecular formula is C19H25ClN2O. The third-order valence-electron chi connectivity index (χ3n) is 4.48.